The first-order chi connectivity index (χ1) is 19.4. The molecule has 0 aromatic heterocycles. The number of halogens is 1. The summed E-state index contributed by atoms with van der Waals surface area (Å²) in [6.07, 6.45) is 0.712. The van der Waals surface area contributed by atoms with Gasteiger partial charge < -0.3 is 28.9 Å². The van der Waals surface area contributed by atoms with Crippen molar-refractivity contribution >= 4 is 23.2 Å². The fourth-order valence-electron chi connectivity index (χ4n) is 5.69. The first-order valence-electron chi connectivity index (χ1n) is 13.4. The van der Waals surface area contributed by atoms with Gasteiger partial charge in [-0.15, -0.1) is 0 Å². The van der Waals surface area contributed by atoms with E-state index < -0.39 is 12.0 Å². The number of piperidine rings is 1. The van der Waals surface area contributed by atoms with Gasteiger partial charge in [0.25, 0.3) is 0 Å². The number of anilines is 2. The van der Waals surface area contributed by atoms with E-state index in [1.54, 1.807) is 38.4 Å². The highest BCUT2D eigenvalue weighted by Crippen LogP contribution is 2.43. The quantitative estimate of drug-likeness (QED) is 0.428. The SMILES string of the molecule is COc1ccc(N2C(=O)CC[C@H](C(=O)N3CCN(c4ccc(F)cc4)CC3)[C@@H]2c2ccc(OC)c(OC)c2)cc1. The smallest absolute Gasteiger partial charge is 0.228 e. The Morgan fingerprint density at radius 3 is 2.08 bits per heavy atom. The topological polar surface area (TPSA) is 71.6 Å². The summed E-state index contributed by atoms with van der Waals surface area (Å²) >= 11 is 0. The van der Waals surface area contributed by atoms with Gasteiger partial charge in [-0.1, -0.05) is 6.07 Å². The fourth-order valence-corrected chi connectivity index (χ4v) is 5.69. The minimum absolute atomic E-state index is 0.0181. The number of ether oxygens (including phenoxy) is 3. The van der Waals surface area contributed by atoms with E-state index in [4.69, 9.17) is 14.2 Å². The summed E-state index contributed by atoms with van der Waals surface area (Å²) in [6, 6.07) is 18.8. The molecule has 2 saturated heterocycles. The van der Waals surface area contributed by atoms with E-state index in [9.17, 15) is 14.0 Å². The van der Waals surface area contributed by atoms with Gasteiger partial charge in [0.05, 0.1) is 33.3 Å². The number of methoxy groups -OCH3 is 3. The van der Waals surface area contributed by atoms with Gasteiger partial charge in [-0.05, 0) is 72.6 Å². The van der Waals surface area contributed by atoms with Crippen molar-refractivity contribution in [1.82, 2.24) is 4.90 Å². The molecule has 8 nitrogen and oxygen atoms in total. The van der Waals surface area contributed by atoms with E-state index in [1.807, 2.05) is 47.4 Å². The summed E-state index contributed by atoms with van der Waals surface area (Å²) in [6.45, 7) is 2.38. The molecule has 2 amide bonds. The molecule has 0 saturated carbocycles. The number of rotatable bonds is 7. The summed E-state index contributed by atoms with van der Waals surface area (Å²) in [5.74, 6) is 1.04. The van der Waals surface area contributed by atoms with Crippen molar-refractivity contribution in [3.63, 3.8) is 0 Å². The summed E-state index contributed by atoms with van der Waals surface area (Å²) in [4.78, 5) is 33.4. The summed E-state index contributed by atoms with van der Waals surface area (Å²) < 4.78 is 29.7. The Balaban J connectivity index is 1.45. The maximum absolute atomic E-state index is 14.1. The van der Waals surface area contributed by atoms with Crippen molar-refractivity contribution in [3.8, 4) is 17.2 Å². The first kappa shape index (κ1) is 27.3. The van der Waals surface area contributed by atoms with E-state index in [0.29, 0.717) is 55.5 Å². The van der Waals surface area contributed by atoms with Crippen molar-refractivity contribution in [2.75, 3.05) is 57.3 Å². The lowest BCUT2D eigenvalue weighted by Gasteiger charge is -2.44. The zero-order chi connectivity index (χ0) is 28.2. The number of carbonyl (C=O) groups is 2. The highest BCUT2D eigenvalue weighted by Gasteiger charge is 2.43. The monoisotopic (exact) mass is 547 g/mol. The molecule has 2 aliphatic rings. The van der Waals surface area contributed by atoms with E-state index >= 15 is 0 Å². The number of nitrogens with zero attached hydrogens (tertiary/aromatic N) is 3. The number of hydrogen-bond acceptors (Lipinski definition) is 6. The van der Waals surface area contributed by atoms with Crippen molar-refractivity contribution < 1.29 is 28.2 Å². The van der Waals surface area contributed by atoms with Crippen LogP contribution in [0.4, 0.5) is 15.8 Å². The van der Waals surface area contributed by atoms with Gasteiger partial charge in [0.2, 0.25) is 11.8 Å². The van der Waals surface area contributed by atoms with Crippen LogP contribution in [0.2, 0.25) is 0 Å². The van der Waals surface area contributed by atoms with E-state index in [0.717, 1.165) is 11.3 Å². The van der Waals surface area contributed by atoms with Crippen LogP contribution in [-0.4, -0.2) is 64.2 Å². The highest BCUT2D eigenvalue weighted by atomic mass is 19.1. The first-order valence-corrected chi connectivity index (χ1v) is 13.4. The van der Waals surface area contributed by atoms with Crippen LogP contribution in [0.3, 0.4) is 0 Å². The van der Waals surface area contributed by atoms with Crippen LogP contribution in [0.5, 0.6) is 17.2 Å². The molecule has 2 fully saturated rings. The normalized spacial score (nSPS) is 19.4. The molecule has 3 aromatic carbocycles. The molecule has 0 radical (unpaired) electrons. The molecule has 2 aliphatic heterocycles. The second-order valence-corrected chi connectivity index (χ2v) is 9.95. The van der Waals surface area contributed by atoms with Crippen LogP contribution in [0.1, 0.15) is 24.4 Å². The molecule has 0 aliphatic carbocycles. The zero-order valence-corrected chi connectivity index (χ0v) is 23.0. The van der Waals surface area contributed by atoms with Gasteiger partial charge in [-0.2, -0.15) is 0 Å². The van der Waals surface area contributed by atoms with E-state index in [-0.39, 0.29) is 24.1 Å². The van der Waals surface area contributed by atoms with E-state index in [1.165, 1.54) is 12.1 Å². The van der Waals surface area contributed by atoms with Crippen LogP contribution in [0.15, 0.2) is 66.7 Å². The third-order valence-electron chi connectivity index (χ3n) is 7.80. The van der Waals surface area contributed by atoms with Gasteiger partial charge in [0.15, 0.2) is 11.5 Å². The lowest BCUT2D eigenvalue weighted by atomic mass is 9.82. The fraction of sp³-hybridized carbons (Fsp3) is 0.355. The Morgan fingerprint density at radius 2 is 1.45 bits per heavy atom. The van der Waals surface area contributed by atoms with Gasteiger partial charge in [-0.3, -0.25) is 9.59 Å². The molecule has 0 unspecified atom stereocenters. The molecule has 9 heteroatoms. The minimum atomic E-state index is -0.530. The summed E-state index contributed by atoms with van der Waals surface area (Å²) in [7, 11) is 4.74. The Labute approximate surface area is 233 Å². The molecule has 210 valence electrons. The maximum atomic E-state index is 14.1. The van der Waals surface area contributed by atoms with Crippen molar-refractivity contribution in [1.29, 1.82) is 0 Å². The number of amides is 2. The molecule has 2 atom stereocenters. The Hall–Kier alpha value is -4.27. The molecular formula is C31H34FN3O5. The zero-order valence-electron chi connectivity index (χ0n) is 23.0. The maximum Gasteiger partial charge on any atom is 0.228 e. The molecule has 2 heterocycles. The predicted molar refractivity (Wildman–Crippen MR) is 151 cm³/mol. The molecule has 40 heavy (non-hydrogen) atoms. The van der Waals surface area contributed by atoms with Crippen LogP contribution in [0, 0.1) is 11.7 Å². The van der Waals surface area contributed by atoms with Crippen LogP contribution < -0.4 is 24.0 Å². The Bertz CT molecular complexity index is 1340. The minimum Gasteiger partial charge on any atom is -0.497 e. The summed E-state index contributed by atoms with van der Waals surface area (Å²) in [5.41, 5.74) is 2.43. The second kappa shape index (κ2) is 11.9. The van der Waals surface area contributed by atoms with Crippen molar-refractivity contribution in [3.05, 3.63) is 78.1 Å². The van der Waals surface area contributed by atoms with Crippen molar-refractivity contribution in [2.24, 2.45) is 5.92 Å². The molecule has 0 spiro atoms. The number of hydrogen-bond donors (Lipinski definition) is 0. The third kappa shape index (κ3) is 5.41. The van der Waals surface area contributed by atoms with Crippen LogP contribution in [-0.2, 0) is 9.59 Å². The van der Waals surface area contributed by atoms with Crippen LogP contribution in [0.25, 0.3) is 0 Å². The highest BCUT2D eigenvalue weighted by molar-refractivity contribution is 5.97. The van der Waals surface area contributed by atoms with Crippen molar-refractivity contribution in [2.45, 2.75) is 18.9 Å². The lowest BCUT2D eigenvalue weighted by molar-refractivity contribution is -0.138. The molecule has 5 rings (SSSR count). The Morgan fingerprint density at radius 1 is 0.800 bits per heavy atom. The van der Waals surface area contributed by atoms with Gasteiger partial charge in [0, 0.05) is 44.0 Å². The third-order valence-corrected chi connectivity index (χ3v) is 7.80. The number of benzene rings is 3. The largest absolute Gasteiger partial charge is 0.497 e. The number of piperazine rings is 1. The average Bonchev–Trinajstić information content (AvgIpc) is 3.00. The standard InChI is InChI=1S/C31H34FN3O5/c1-38-25-11-9-24(10-12-25)35-29(36)15-13-26(30(35)21-4-14-27(39-2)28(20-21)40-3)31(37)34-18-16-33(17-19-34)23-7-5-22(32)6-8-23/h4-12,14,20,26,30H,13,15-19H2,1-3H3/t26-,30-/m0/s1. The average molecular weight is 548 g/mol. The predicted octanol–water partition coefficient (Wildman–Crippen LogP) is 4.68. The lowest BCUT2D eigenvalue weighted by Crippen LogP contribution is -2.54. The van der Waals surface area contributed by atoms with Gasteiger partial charge >= 0.3 is 0 Å². The van der Waals surface area contributed by atoms with Gasteiger partial charge in [0.1, 0.15) is 11.6 Å². The second-order valence-electron chi connectivity index (χ2n) is 9.95. The molecule has 0 bridgehead atoms. The molecule has 0 N–H and O–H groups in total. The molecule has 3 aromatic rings. The number of carbonyl (C=O) groups excluding carboxylic acids is 2. The summed E-state index contributed by atoms with van der Waals surface area (Å²) in [5, 5.41) is 0. The molecular weight excluding hydrogens is 513 g/mol. The van der Waals surface area contributed by atoms with E-state index in [2.05, 4.69) is 4.90 Å². The van der Waals surface area contributed by atoms with Crippen LogP contribution >= 0.6 is 0 Å². The Kier molecular flexibility index (Phi) is 8.09. The van der Waals surface area contributed by atoms with Gasteiger partial charge in [-0.25, -0.2) is 4.39 Å².